The molecule has 1 unspecified atom stereocenters. The van der Waals surface area contributed by atoms with Crippen molar-refractivity contribution in [2.24, 2.45) is 0 Å². The first-order valence-corrected chi connectivity index (χ1v) is 8.13. The minimum Gasteiger partial charge on any atom is -0.388 e. The number of nitrogens with zero attached hydrogens (tertiary/aromatic N) is 1. The lowest BCUT2D eigenvalue weighted by molar-refractivity contribution is 0.137. The number of fused-ring (bicyclic) bond motifs is 1. The molecule has 0 amide bonds. The molecule has 1 aliphatic rings. The molecule has 0 spiro atoms. The Hall–Kier alpha value is -1.16. The van der Waals surface area contributed by atoms with Gasteiger partial charge in [-0.25, -0.2) is 0 Å². The number of aliphatic hydroxyl groups is 1. The van der Waals surface area contributed by atoms with E-state index < -0.39 is 0 Å². The van der Waals surface area contributed by atoms with E-state index in [9.17, 15) is 5.11 Å². The minimum atomic E-state index is -0.347. The molecule has 106 valence electrons. The van der Waals surface area contributed by atoms with Gasteiger partial charge in [0.15, 0.2) is 0 Å². The molecule has 0 bridgehead atoms. The minimum absolute atomic E-state index is 0.347. The van der Waals surface area contributed by atoms with Gasteiger partial charge < -0.3 is 5.11 Å². The van der Waals surface area contributed by atoms with E-state index in [0.717, 1.165) is 38.0 Å². The van der Waals surface area contributed by atoms with Crippen LogP contribution in [0.25, 0.3) is 0 Å². The Kier molecular flexibility index (Phi) is 4.20. The zero-order valence-corrected chi connectivity index (χ0v) is 12.7. The maximum atomic E-state index is 10.4. The Morgan fingerprint density at radius 2 is 2.15 bits per heavy atom. The lowest BCUT2D eigenvalue weighted by Gasteiger charge is -2.27. The van der Waals surface area contributed by atoms with Gasteiger partial charge in [0.2, 0.25) is 0 Å². The van der Waals surface area contributed by atoms with Crippen molar-refractivity contribution in [3.05, 3.63) is 57.3 Å². The molecule has 0 aliphatic carbocycles. The summed E-state index contributed by atoms with van der Waals surface area (Å²) in [6.07, 6.45) is 1.62. The van der Waals surface area contributed by atoms with Gasteiger partial charge in [-0.1, -0.05) is 24.3 Å². The van der Waals surface area contributed by atoms with Crippen LogP contribution in [0, 0.1) is 6.92 Å². The Labute approximate surface area is 124 Å². The predicted molar refractivity (Wildman–Crippen MR) is 84.1 cm³/mol. The van der Waals surface area contributed by atoms with E-state index in [0.29, 0.717) is 0 Å². The van der Waals surface area contributed by atoms with Gasteiger partial charge in [0.05, 0.1) is 6.10 Å². The van der Waals surface area contributed by atoms with Gasteiger partial charge in [-0.15, -0.1) is 11.3 Å². The number of thiophene rings is 1. The zero-order chi connectivity index (χ0) is 13.9. The number of aryl methyl sites for hydroxylation is 1. The molecule has 0 fully saturated rings. The molecule has 20 heavy (non-hydrogen) atoms. The summed E-state index contributed by atoms with van der Waals surface area (Å²) in [7, 11) is 0. The van der Waals surface area contributed by atoms with Crippen LogP contribution in [-0.2, 0) is 13.0 Å². The SMILES string of the molecule is Cc1ccccc1C(O)CCN1CCc2sccc2C1. The van der Waals surface area contributed by atoms with Gasteiger partial charge in [-0.2, -0.15) is 0 Å². The first-order valence-electron chi connectivity index (χ1n) is 7.25. The van der Waals surface area contributed by atoms with Crippen molar-refractivity contribution in [1.29, 1.82) is 0 Å². The van der Waals surface area contributed by atoms with E-state index in [1.54, 1.807) is 4.88 Å². The molecule has 2 nitrogen and oxygen atoms in total. The second-order valence-electron chi connectivity index (χ2n) is 5.56. The van der Waals surface area contributed by atoms with Gasteiger partial charge in [-0.3, -0.25) is 4.90 Å². The first kappa shape index (κ1) is 13.8. The van der Waals surface area contributed by atoms with Crippen molar-refractivity contribution < 1.29 is 5.11 Å². The largest absolute Gasteiger partial charge is 0.388 e. The number of benzene rings is 1. The van der Waals surface area contributed by atoms with Crippen LogP contribution in [0.2, 0.25) is 0 Å². The third kappa shape index (κ3) is 2.95. The molecule has 3 rings (SSSR count). The summed E-state index contributed by atoms with van der Waals surface area (Å²) in [5, 5.41) is 12.6. The van der Waals surface area contributed by atoms with Crippen LogP contribution in [0.15, 0.2) is 35.7 Å². The molecule has 1 aromatic heterocycles. The van der Waals surface area contributed by atoms with E-state index in [4.69, 9.17) is 0 Å². The topological polar surface area (TPSA) is 23.5 Å². The number of hydrogen-bond donors (Lipinski definition) is 1. The predicted octanol–water partition coefficient (Wildman–Crippen LogP) is 3.54. The number of rotatable bonds is 4. The summed E-state index contributed by atoms with van der Waals surface area (Å²) in [5.74, 6) is 0. The second kappa shape index (κ2) is 6.08. The number of aliphatic hydroxyl groups excluding tert-OH is 1. The highest BCUT2D eigenvalue weighted by atomic mass is 32.1. The molecule has 3 heteroatoms. The van der Waals surface area contributed by atoms with Crippen molar-refractivity contribution in [2.45, 2.75) is 32.4 Å². The smallest absolute Gasteiger partial charge is 0.0804 e. The van der Waals surface area contributed by atoms with Crippen molar-refractivity contribution in [3.63, 3.8) is 0 Å². The quantitative estimate of drug-likeness (QED) is 0.930. The lowest BCUT2D eigenvalue weighted by atomic mass is 10.0. The first-order chi connectivity index (χ1) is 9.74. The standard InChI is InChI=1S/C17H21NOS/c1-13-4-2-3-5-15(13)16(19)6-9-18-10-7-17-14(12-18)8-11-20-17/h2-5,8,11,16,19H,6-7,9-10,12H2,1H3. The van der Waals surface area contributed by atoms with Crippen LogP contribution in [0.5, 0.6) is 0 Å². The van der Waals surface area contributed by atoms with Crippen LogP contribution in [0.1, 0.15) is 34.1 Å². The highest BCUT2D eigenvalue weighted by Gasteiger charge is 2.18. The van der Waals surface area contributed by atoms with Crippen molar-refractivity contribution in [2.75, 3.05) is 13.1 Å². The van der Waals surface area contributed by atoms with Gasteiger partial charge in [-0.05, 0) is 47.9 Å². The molecule has 0 saturated carbocycles. The normalized spacial score (nSPS) is 16.9. The van der Waals surface area contributed by atoms with E-state index in [1.165, 1.54) is 11.1 Å². The third-order valence-electron chi connectivity index (χ3n) is 4.15. The van der Waals surface area contributed by atoms with Crippen LogP contribution < -0.4 is 0 Å². The fourth-order valence-electron chi connectivity index (χ4n) is 2.92. The molecule has 2 heterocycles. The molecule has 1 aromatic carbocycles. The molecule has 0 saturated heterocycles. The average molecular weight is 287 g/mol. The van der Waals surface area contributed by atoms with Crippen LogP contribution in [0.3, 0.4) is 0 Å². The van der Waals surface area contributed by atoms with Crippen LogP contribution in [-0.4, -0.2) is 23.1 Å². The molecular weight excluding hydrogens is 266 g/mol. The Morgan fingerprint density at radius 3 is 3.00 bits per heavy atom. The highest BCUT2D eigenvalue weighted by Crippen LogP contribution is 2.26. The fraction of sp³-hybridized carbons (Fsp3) is 0.412. The summed E-state index contributed by atoms with van der Waals surface area (Å²) >= 11 is 1.87. The summed E-state index contributed by atoms with van der Waals surface area (Å²) in [6, 6.07) is 10.4. The highest BCUT2D eigenvalue weighted by molar-refractivity contribution is 7.10. The monoisotopic (exact) mass is 287 g/mol. The average Bonchev–Trinajstić information content (AvgIpc) is 2.92. The van der Waals surface area contributed by atoms with Crippen LogP contribution in [0.4, 0.5) is 0 Å². The van der Waals surface area contributed by atoms with Crippen molar-refractivity contribution in [1.82, 2.24) is 4.90 Å². The van der Waals surface area contributed by atoms with Gasteiger partial charge in [0.25, 0.3) is 0 Å². The van der Waals surface area contributed by atoms with Gasteiger partial charge >= 0.3 is 0 Å². The molecule has 1 N–H and O–H groups in total. The molecule has 1 aliphatic heterocycles. The maximum Gasteiger partial charge on any atom is 0.0804 e. The third-order valence-corrected chi connectivity index (χ3v) is 5.18. The summed E-state index contributed by atoms with van der Waals surface area (Å²) in [4.78, 5) is 4.00. The van der Waals surface area contributed by atoms with Crippen LogP contribution >= 0.6 is 11.3 Å². The summed E-state index contributed by atoms with van der Waals surface area (Å²) < 4.78 is 0. The van der Waals surface area contributed by atoms with Gasteiger partial charge in [0.1, 0.15) is 0 Å². The number of hydrogen-bond acceptors (Lipinski definition) is 3. The van der Waals surface area contributed by atoms with E-state index >= 15 is 0 Å². The summed E-state index contributed by atoms with van der Waals surface area (Å²) in [6.45, 7) is 5.19. The van der Waals surface area contributed by atoms with Crippen molar-refractivity contribution in [3.8, 4) is 0 Å². The fourth-order valence-corrected chi connectivity index (χ4v) is 3.81. The molecule has 1 atom stereocenters. The Morgan fingerprint density at radius 1 is 1.30 bits per heavy atom. The zero-order valence-electron chi connectivity index (χ0n) is 11.9. The summed E-state index contributed by atoms with van der Waals surface area (Å²) in [5.41, 5.74) is 3.73. The lowest BCUT2D eigenvalue weighted by Crippen LogP contribution is -2.31. The van der Waals surface area contributed by atoms with E-state index in [-0.39, 0.29) is 6.10 Å². The van der Waals surface area contributed by atoms with E-state index in [1.807, 2.05) is 29.5 Å². The molecule has 2 aromatic rings. The molecular formula is C17H21NOS. The van der Waals surface area contributed by atoms with E-state index in [2.05, 4.69) is 29.3 Å². The second-order valence-corrected chi connectivity index (χ2v) is 6.56. The van der Waals surface area contributed by atoms with Crippen molar-refractivity contribution >= 4 is 11.3 Å². The molecule has 0 radical (unpaired) electrons. The maximum absolute atomic E-state index is 10.4. The Bertz CT molecular complexity index is 578. The Balaban J connectivity index is 1.57. The van der Waals surface area contributed by atoms with Gasteiger partial charge in [0, 0.05) is 24.5 Å².